The summed E-state index contributed by atoms with van der Waals surface area (Å²) in [5.74, 6) is -2.19. The highest BCUT2D eigenvalue weighted by Gasteiger charge is 2.20. The first-order valence-corrected chi connectivity index (χ1v) is 6.07. The SMILES string of the molecule is CC(F)(F)CCCSC(=O)c1ccccc1. The molecule has 0 aliphatic rings. The molecule has 0 spiro atoms. The van der Waals surface area contributed by atoms with E-state index < -0.39 is 5.92 Å². The molecule has 16 heavy (non-hydrogen) atoms. The molecule has 0 fully saturated rings. The van der Waals surface area contributed by atoms with E-state index >= 15 is 0 Å². The minimum absolute atomic E-state index is 0.0555. The van der Waals surface area contributed by atoms with Crippen molar-refractivity contribution in [3.05, 3.63) is 35.9 Å². The summed E-state index contributed by atoms with van der Waals surface area (Å²) in [4.78, 5) is 11.5. The normalized spacial score (nSPS) is 11.4. The molecule has 0 aliphatic heterocycles. The lowest BCUT2D eigenvalue weighted by Gasteiger charge is -2.08. The van der Waals surface area contributed by atoms with Gasteiger partial charge in [-0.15, -0.1) is 0 Å². The van der Waals surface area contributed by atoms with Gasteiger partial charge in [-0.1, -0.05) is 42.1 Å². The van der Waals surface area contributed by atoms with Crippen molar-refractivity contribution in [2.45, 2.75) is 25.7 Å². The van der Waals surface area contributed by atoms with E-state index in [1.807, 2.05) is 6.07 Å². The first kappa shape index (κ1) is 13.2. The predicted octanol–water partition coefficient (Wildman–Crippen LogP) is 4.00. The van der Waals surface area contributed by atoms with Gasteiger partial charge < -0.3 is 0 Å². The van der Waals surface area contributed by atoms with Crippen molar-refractivity contribution in [2.24, 2.45) is 0 Å². The van der Waals surface area contributed by atoms with Gasteiger partial charge in [-0.25, -0.2) is 8.78 Å². The van der Waals surface area contributed by atoms with E-state index in [0.29, 0.717) is 17.7 Å². The highest BCUT2D eigenvalue weighted by Crippen LogP contribution is 2.21. The molecular formula is C12H14F2OS. The molecule has 0 radical (unpaired) electrons. The van der Waals surface area contributed by atoms with Crippen LogP contribution in [0.15, 0.2) is 30.3 Å². The third-order valence-corrected chi connectivity index (χ3v) is 2.99. The Morgan fingerprint density at radius 2 is 1.94 bits per heavy atom. The fraction of sp³-hybridized carbons (Fsp3) is 0.417. The summed E-state index contributed by atoms with van der Waals surface area (Å²) in [5, 5.41) is -0.0555. The Labute approximate surface area is 98.2 Å². The van der Waals surface area contributed by atoms with Crippen LogP contribution in [0.3, 0.4) is 0 Å². The lowest BCUT2D eigenvalue weighted by molar-refractivity contribution is 0.0126. The van der Waals surface area contributed by atoms with Crippen molar-refractivity contribution in [3.8, 4) is 0 Å². The molecule has 0 amide bonds. The van der Waals surface area contributed by atoms with Gasteiger partial charge >= 0.3 is 0 Å². The fourth-order valence-electron chi connectivity index (χ4n) is 1.21. The fourth-order valence-corrected chi connectivity index (χ4v) is 1.98. The third-order valence-electron chi connectivity index (χ3n) is 2.00. The van der Waals surface area contributed by atoms with Crippen LogP contribution in [-0.4, -0.2) is 16.8 Å². The predicted molar refractivity (Wildman–Crippen MR) is 63.1 cm³/mol. The molecule has 0 saturated carbocycles. The van der Waals surface area contributed by atoms with E-state index in [1.54, 1.807) is 24.3 Å². The molecule has 1 nitrogen and oxygen atoms in total. The Hall–Kier alpha value is -0.900. The standard InChI is InChI=1S/C12H14F2OS/c1-12(13,14)8-5-9-16-11(15)10-6-3-2-4-7-10/h2-4,6-7H,5,8-9H2,1H3. The lowest BCUT2D eigenvalue weighted by Crippen LogP contribution is -2.09. The minimum Gasteiger partial charge on any atom is -0.282 e. The highest BCUT2D eigenvalue weighted by atomic mass is 32.2. The number of carbonyl (C=O) groups excluding carboxylic acids is 1. The van der Waals surface area contributed by atoms with Gasteiger partial charge in [-0.2, -0.15) is 0 Å². The number of carbonyl (C=O) groups is 1. The van der Waals surface area contributed by atoms with Crippen molar-refractivity contribution in [3.63, 3.8) is 0 Å². The Bertz CT molecular complexity index is 333. The Kier molecular flexibility index (Phi) is 4.93. The second-order valence-electron chi connectivity index (χ2n) is 3.68. The van der Waals surface area contributed by atoms with Crippen LogP contribution in [0.5, 0.6) is 0 Å². The van der Waals surface area contributed by atoms with Crippen molar-refractivity contribution < 1.29 is 13.6 Å². The van der Waals surface area contributed by atoms with Crippen LogP contribution in [-0.2, 0) is 0 Å². The van der Waals surface area contributed by atoms with Gasteiger partial charge in [0.25, 0.3) is 0 Å². The quantitative estimate of drug-likeness (QED) is 0.728. The second kappa shape index (κ2) is 5.99. The molecule has 88 valence electrons. The average molecular weight is 244 g/mol. The zero-order valence-electron chi connectivity index (χ0n) is 9.08. The Balaban J connectivity index is 2.27. The maximum atomic E-state index is 12.5. The summed E-state index contributed by atoms with van der Waals surface area (Å²) in [7, 11) is 0. The van der Waals surface area contributed by atoms with Gasteiger partial charge in [0, 0.05) is 17.7 Å². The van der Waals surface area contributed by atoms with Crippen molar-refractivity contribution >= 4 is 16.9 Å². The van der Waals surface area contributed by atoms with E-state index in [-0.39, 0.29) is 11.5 Å². The van der Waals surface area contributed by atoms with Gasteiger partial charge in [-0.3, -0.25) is 4.79 Å². The van der Waals surface area contributed by atoms with E-state index in [2.05, 4.69) is 0 Å². The molecular weight excluding hydrogens is 230 g/mol. The average Bonchev–Trinajstić information content (AvgIpc) is 2.24. The first-order chi connectivity index (χ1) is 7.49. The topological polar surface area (TPSA) is 17.1 Å². The van der Waals surface area contributed by atoms with Crippen LogP contribution in [0.25, 0.3) is 0 Å². The lowest BCUT2D eigenvalue weighted by atomic mass is 10.2. The van der Waals surface area contributed by atoms with E-state index in [0.717, 1.165) is 18.7 Å². The van der Waals surface area contributed by atoms with Crippen LogP contribution < -0.4 is 0 Å². The molecule has 0 unspecified atom stereocenters. The smallest absolute Gasteiger partial charge is 0.245 e. The Morgan fingerprint density at radius 1 is 1.31 bits per heavy atom. The van der Waals surface area contributed by atoms with Crippen LogP contribution in [0.1, 0.15) is 30.1 Å². The van der Waals surface area contributed by atoms with Crippen LogP contribution >= 0.6 is 11.8 Å². The number of benzene rings is 1. The molecule has 0 aromatic heterocycles. The number of hydrogen-bond donors (Lipinski definition) is 0. The number of halogens is 2. The third kappa shape index (κ3) is 5.26. The molecule has 1 aromatic rings. The van der Waals surface area contributed by atoms with Gasteiger partial charge in [0.15, 0.2) is 0 Å². The summed E-state index contributed by atoms with van der Waals surface area (Å²) < 4.78 is 25.0. The zero-order valence-corrected chi connectivity index (χ0v) is 9.90. The highest BCUT2D eigenvalue weighted by molar-refractivity contribution is 8.14. The molecule has 4 heteroatoms. The van der Waals surface area contributed by atoms with Gasteiger partial charge in [0.1, 0.15) is 0 Å². The second-order valence-corrected chi connectivity index (χ2v) is 4.74. The maximum Gasteiger partial charge on any atom is 0.245 e. The van der Waals surface area contributed by atoms with E-state index in [4.69, 9.17) is 0 Å². The summed E-state index contributed by atoms with van der Waals surface area (Å²) in [6.45, 7) is 0.899. The van der Waals surface area contributed by atoms with Crippen LogP contribution in [0, 0.1) is 0 Å². The van der Waals surface area contributed by atoms with Crippen molar-refractivity contribution in [1.82, 2.24) is 0 Å². The molecule has 0 aliphatic carbocycles. The Morgan fingerprint density at radius 3 is 2.50 bits per heavy atom. The van der Waals surface area contributed by atoms with Gasteiger partial charge in [-0.05, 0) is 13.3 Å². The number of alkyl halides is 2. The summed E-state index contributed by atoms with van der Waals surface area (Å²) in [6.07, 6.45) is 0.189. The largest absolute Gasteiger partial charge is 0.282 e. The summed E-state index contributed by atoms with van der Waals surface area (Å²) in [5.41, 5.74) is 0.621. The molecule has 0 bridgehead atoms. The molecule has 1 aromatic carbocycles. The minimum atomic E-state index is -2.63. The van der Waals surface area contributed by atoms with Crippen LogP contribution in [0.4, 0.5) is 8.78 Å². The number of rotatable bonds is 5. The van der Waals surface area contributed by atoms with E-state index in [9.17, 15) is 13.6 Å². The van der Waals surface area contributed by atoms with E-state index in [1.165, 1.54) is 0 Å². The molecule has 0 saturated heterocycles. The van der Waals surface area contributed by atoms with Crippen molar-refractivity contribution in [2.75, 3.05) is 5.75 Å². The van der Waals surface area contributed by atoms with Gasteiger partial charge in [0.05, 0.1) is 0 Å². The van der Waals surface area contributed by atoms with Gasteiger partial charge in [0.2, 0.25) is 11.0 Å². The summed E-state index contributed by atoms with van der Waals surface area (Å²) in [6, 6.07) is 8.86. The molecule has 0 N–H and O–H groups in total. The maximum absolute atomic E-state index is 12.5. The number of hydrogen-bond acceptors (Lipinski definition) is 2. The zero-order chi connectivity index (χ0) is 12.0. The van der Waals surface area contributed by atoms with Crippen molar-refractivity contribution in [1.29, 1.82) is 0 Å². The summed E-state index contributed by atoms with van der Waals surface area (Å²) >= 11 is 1.10. The monoisotopic (exact) mass is 244 g/mol. The number of thioether (sulfide) groups is 1. The first-order valence-electron chi connectivity index (χ1n) is 5.09. The molecule has 0 heterocycles. The molecule has 0 atom stereocenters. The molecule has 1 rings (SSSR count). The van der Waals surface area contributed by atoms with Crippen LogP contribution in [0.2, 0.25) is 0 Å².